The number of aliphatic hydroxyl groups excluding tert-OH is 1. The molecule has 7 heteroatoms. The van der Waals surface area contributed by atoms with Gasteiger partial charge in [-0.3, -0.25) is 4.68 Å². The molecule has 1 aromatic rings. The molecule has 18 heavy (non-hydrogen) atoms. The van der Waals surface area contributed by atoms with Gasteiger partial charge in [0, 0.05) is 12.7 Å². The lowest BCUT2D eigenvalue weighted by molar-refractivity contribution is 0.269. The van der Waals surface area contributed by atoms with E-state index in [0.29, 0.717) is 6.54 Å². The molecule has 0 unspecified atom stereocenters. The third-order valence-electron chi connectivity index (χ3n) is 2.42. The summed E-state index contributed by atoms with van der Waals surface area (Å²) in [6.45, 7) is 6.79. The van der Waals surface area contributed by atoms with E-state index in [4.69, 9.17) is 5.11 Å². The van der Waals surface area contributed by atoms with Crippen LogP contribution in [-0.4, -0.2) is 36.5 Å². The van der Waals surface area contributed by atoms with Gasteiger partial charge in [0.1, 0.15) is 4.90 Å². The fraction of sp³-hybridized carbons (Fsp3) is 0.727. The van der Waals surface area contributed by atoms with Crippen LogP contribution in [0, 0.1) is 5.41 Å². The molecule has 0 aliphatic rings. The molecule has 0 saturated carbocycles. The number of hydrogen-bond acceptors (Lipinski definition) is 4. The lowest BCUT2D eigenvalue weighted by Gasteiger charge is -2.17. The lowest BCUT2D eigenvalue weighted by Crippen LogP contribution is -2.27. The zero-order valence-electron chi connectivity index (χ0n) is 11.0. The standard InChI is InChI=1S/C11H21N3O3S/c1-11(2,3)4-5-13-18(16,17)10-8-12-14(9-10)6-7-15/h8-9,13,15H,4-7H2,1-3H3. The number of nitrogens with one attached hydrogen (secondary N) is 1. The minimum absolute atomic E-state index is 0.0708. The van der Waals surface area contributed by atoms with Crippen molar-refractivity contribution in [1.82, 2.24) is 14.5 Å². The van der Waals surface area contributed by atoms with Crippen molar-refractivity contribution in [2.24, 2.45) is 5.41 Å². The monoisotopic (exact) mass is 275 g/mol. The largest absolute Gasteiger partial charge is 0.394 e. The van der Waals surface area contributed by atoms with Crippen LogP contribution in [0.4, 0.5) is 0 Å². The molecule has 0 saturated heterocycles. The average molecular weight is 275 g/mol. The molecule has 0 radical (unpaired) electrons. The second kappa shape index (κ2) is 5.81. The van der Waals surface area contributed by atoms with Gasteiger partial charge in [0.05, 0.1) is 19.3 Å². The van der Waals surface area contributed by atoms with Crippen LogP contribution in [-0.2, 0) is 16.6 Å². The van der Waals surface area contributed by atoms with Gasteiger partial charge in [-0.1, -0.05) is 20.8 Å². The highest BCUT2D eigenvalue weighted by atomic mass is 32.2. The summed E-state index contributed by atoms with van der Waals surface area (Å²) >= 11 is 0. The Morgan fingerprint density at radius 3 is 2.67 bits per heavy atom. The second-order valence-corrected chi connectivity index (χ2v) is 7.14. The number of rotatable bonds is 6. The Labute approximate surface area is 108 Å². The van der Waals surface area contributed by atoms with Crippen molar-refractivity contribution in [2.75, 3.05) is 13.2 Å². The Morgan fingerprint density at radius 2 is 2.11 bits per heavy atom. The first-order chi connectivity index (χ1) is 8.24. The molecule has 0 aromatic carbocycles. The third kappa shape index (κ3) is 4.75. The fourth-order valence-corrected chi connectivity index (χ4v) is 2.34. The van der Waals surface area contributed by atoms with Gasteiger partial charge >= 0.3 is 0 Å². The smallest absolute Gasteiger partial charge is 0.243 e. The molecule has 1 heterocycles. The quantitative estimate of drug-likeness (QED) is 0.796. The van der Waals surface area contributed by atoms with E-state index < -0.39 is 10.0 Å². The zero-order valence-corrected chi connectivity index (χ0v) is 11.9. The number of hydrogen-bond donors (Lipinski definition) is 2. The molecular weight excluding hydrogens is 254 g/mol. The van der Waals surface area contributed by atoms with Crippen molar-refractivity contribution >= 4 is 10.0 Å². The van der Waals surface area contributed by atoms with Gasteiger partial charge in [0.15, 0.2) is 0 Å². The van der Waals surface area contributed by atoms with Crippen molar-refractivity contribution in [3.05, 3.63) is 12.4 Å². The summed E-state index contributed by atoms with van der Waals surface area (Å²) in [6, 6.07) is 0. The molecular formula is C11H21N3O3S. The molecule has 104 valence electrons. The highest BCUT2D eigenvalue weighted by Crippen LogP contribution is 2.17. The van der Waals surface area contributed by atoms with Gasteiger partial charge in [-0.2, -0.15) is 5.10 Å². The van der Waals surface area contributed by atoms with Crippen LogP contribution in [0.15, 0.2) is 17.3 Å². The zero-order chi connectivity index (χ0) is 13.8. The van der Waals surface area contributed by atoms with Crippen LogP contribution < -0.4 is 4.72 Å². The summed E-state index contributed by atoms with van der Waals surface area (Å²) in [5.41, 5.74) is 0.0869. The highest BCUT2D eigenvalue weighted by Gasteiger charge is 2.17. The summed E-state index contributed by atoms with van der Waals surface area (Å²) in [6.07, 6.45) is 3.46. The third-order valence-corrected chi connectivity index (χ3v) is 3.83. The number of nitrogens with zero attached hydrogens (tertiary/aromatic N) is 2. The molecule has 0 fully saturated rings. The average Bonchev–Trinajstić information content (AvgIpc) is 2.65. The van der Waals surface area contributed by atoms with E-state index in [2.05, 4.69) is 30.6 Å². The Morgan fingerprint density at radius 1 is 1.44 bits per heavy atom. The minimum Gasteiger partial charge on any atom is -0.394 e. The minimum atomic E-state index is -3.50. The molecule has 0 spiro atoms. The van der Waals surface area contributed by atoms with Crippen LogP contribution >= 0.6 is 0 Å². The van der Waals surface area contributed by atoms with E-state index >= 15 is 0 Å². The van der Waals surface area contributed by atoms with E-state index in [1.807, 2.05) is 0 Å². The summed E-state index contributed by atoms with van der Waals surface area (Å²) in [4.78, 5) is 0.129. The molecule has 0 aliphatic heterocycles. The summed E-state index contributed by atoms with van der Waals surface area (Å²) in [7, 11) is -3.50. The number of aliphatic hydroxyl groups is 1. The lowest BCUT2D eigenvalue weighted by atomic mass is 9.93. The Hall–Kier alpha value is -0.920. The van der Waals surface area contributed by atoms with E-state index in [0.717, 1.165) is 6.42 Å². The van der Waals surface area contributed by atoms with Crippen LogP contribution in [0.5, 0.6) is 0 Å². The van der Waals surface area contributed by atoms with Gasteiger partial charge < -0.3 is 5.11 Å². The summed E-state index contributed by atoms with van der Waals surface area (Å²) in [5.74, 6) is 0. The van der Waals surface area contributed by atoms with E-state index in [-0.39, 0.29) is 23.5 Å². The molecule has 0 amide bonds. The topological polar surface area (TPSA) is 84.2 Å². The van der Waals surface area contributed by atoms with Crippen LogP contribution in [0.1, 0.15) is 27.2 Å². The Balaban J connectivity index is 2.62. The van der Waals surface area contributed by atoms with Gasteiger partial charge in [0.25, 0.3) is 0 Å². The molecule has 0 bridgehead atoms. The first-order valence-electron chi connectivity index (χ1n) is 5.87. The van der Waals surface area contributed by atoms with Crippen LogP contribution in [0.25, 0.3) is 0 Å². The molecule has 1 rings (SSSR count). The Bertz CT molecular complexity index is 474. The maximum Gasteiger partial charge on any atom is 0.243 e. The predicted molar refractivity (Wildman–Crippen MR) is 68.6 cm³/mol. The number of sulfonamides is 1. The van der Waals surface area contributed by atoms with Crippen molar-refractivity contribution in [3.8, 4) is 0 Å². The van der Waals surface area contributed by atoms with E-state index in [9.17, 15) is 8.42 Å². The number of aromatic nitrogens is 2. The molecule has 0 atom stereocenters. The second-order valence-electron chi connectivity index (χ2n) is 5.37. The molecule has 1 aromatic heterocycles. The van der Waals surface area contributed by atoms with Crippen molar-refractivity contribution in [1.29, 1.82) is 0 Å². The Kier molecular flexibility index (Phi) is 4.89. The van der Waals surface area contributed by atoms with Crippen LogP contribution in [0.2, 0.25) is 0 Å². The summed E-state index contributed by atoms with van der Waals surface area (Å²) < 4.78 is 27.8. The first kappa shape index (κ1) is 15.1. The fourth-order valence-electron chi connectivity index (χ4n) is 1.35. The van der Waals surface area contributed by atoms with Gasteiger partial charge in [0.2, 0.25) is 10.0 Å². The normalized spacial score (nSPS) is 12.9. The van der Waals surface area contributed by atoms with E-state index in [1.165, 1.54) is 17.1 Å². The maximum absolute atomic E-state index is 11.9. The van der Waals surface area contributed by atoms with Gasteiger partial charge in [-0.15, -0.1) is 0 Å². The van der Waals surface area contributed by atoms with Crippen molar-refractivity contribution < 1.29 is 13.5 Å². The predicted octanol–water partition coefficient (Wildman–Crippen LogP) is 0.590. The van der Waals surface area contributed by atoms with E-state index in [1.54, 1.807) is 0 Å². The SMILES string of the molecule is CC(C)(C)CCNS(=O)(=O)c1cnn(CCO)c1. The first-order valence-corrected chi connectivity index (χ1v) is 7.36. The van der Waals surface area contributed by atoms with Crippen molar-refractivity contribution in [2.45, 2.75) is 38.6 Å². The molecule has 6 nitrogen and oxygen atoms in total. The van der Waals surface area contributed by atoms with Crippen molar-refractivity contribution in [3.63, 3.8) is 0 Å². The van der Waals surface area contributed by atoms with Gasteiger partial charge in [-0.25, -0.2) is 13.1 Å². The summed E-state index contributed by atoms with van der Waals surface area (Å²) in [5, 5.41) is 12.6. The molecule has 0 aliphatic carbocycles. The van der Waals surface area contributed by atoms with Gasteiger partial charge in [-0.05, 0) is 11.8 Å². The highest BCUT2D eigenvalue weighted by molar-refractivity contribution is 7.89. The maximum atomic E-state index is 11.9. The molecule has 2 N–H and O–H groups in total. The van der Waals surface area contributed by atoms with Crippen LogP contribution in [0.3, 0.4) is 0 Å².